The summed E-state index contributed by atoms with van der Waals surface area (Å²) in [4.78, 5) is 0.329. The lowest BCUT2D eigenvalue weighted by atomic mass is 10.4. The number of hydrogen-bond acceptors (Lipinski definition) is 2. The van der Waals surface area contributed by atoms with Crippen molar-refractivity contribution >= 4 is 10.0 Å². The van der Waals surface area contributed by atoms with Crippen LogP contribution < -0.4 is 0 Å². The zero-order chi connectivity index (χ0) is 11.2. The third kappa shape index (κ3) is 3.12. The third-order valence-corrected chi connectivity index (χ3v) is 3.35. The lowest BCUT2D eigenvalue weighted by Gasteiger charge is -2.10. The largest absolute Gasteiger partial charge is 0.242 e. The Morgan fingerprint density at radius 2 is 1.43 bits per heavy atom. The molecule has 1 aromatic carbocycles. The summed E-state index contributed by atoms with van der Waals surface area (Å²) < 4.78 is 24.1. The Morgan fingerprint density at radius 3 is 1.79 bits per heavy atom. The smallest absolute Gasteiger partial charge is 0.207 e. The first-order chi connectivity index (χ1) is 6.55. The lowest BCUT2D eigenvalue weighted by Crippen LogP contribution is -2.21. The van der Waals surface area contributed by atoms with Crippen molar-refractivity contribution in [2.75, 3.05) is 14.1 Å². The molecule has 0 aromatic heterocycles. The predicted octanol–water partition coefficient (Wildman–Crippen LogP) is 1.96. The van der Waals surface area contributed by atoms with Crippen molar-refractivity contribution < 1.29 is 8.42 Å². The number of sulfonamides is 1. The highest BCUT2D eigenvalue weighted by Crippen LogP contribution is 2.10. The van der Waals surface area contributed by atoms with E-state index in [1.165, 1.54) is 18.4 Å². The van der Waals surface area contributed by atoms with Gasteiger partial charge in [-0.15, -0.1) is 0 Å². The Labute approximate surface area is 86.4 Å². The Morgan fingerprint density at radius 1 is 1.00 bits per heavy atom. The first-order valence-electron chi connectivity index (χ1n) is 4.53. The number of hydrogen-bond donors (Lipinski definition) is 0. The van der Waals surface area contributed by atoms with Gasteiger partial charge >= 0.3 is 0 Å². The molecule has 0 aliphatic rings. The molecule has 0 unspecified atom stereocenters. The molecule has 0 N–H and O–H groups in total. The van der Waals surface area contributed by atoms with Crippen molar-refractivity contribution in [1.82, 2.24) is 4.31 Å². The highest BCUT2D eigenvalue weighted by Gasteiger charge is 2.15. The van der Waals surface area contributed by atoms with Gasteiger partial charge in [0.25, 0.3) is 0 Å². The minimum absolute atomic E-state index is 0.329. The van der Waals surface area contributed by atoms with Gasteiger partial charge in [-0.1, -0.05) is 32.0 Å². The molecule has 1 rings (SSSR count). The molecule has 0 spiro atoms. The molecule has 0 saturated carbocycles. The fraction of sp³-hybridized carbons (Fsp3) is 0.400. The molecular formula is C10H17NO2S. The van der Waals surface area contributed by atoms with Gasteiger partial charge in [-0.2, -0.15) is 0 Å². The van der Waals surface area contributed by atoms with Crippen LogP contribution in [0.1, 0.15) is 13.8 Å². The maximum absolute atomic E-state index is 11.5. The highest BCUT2D eigenvalue weighted by molar-refractivity contribution is 7.89. The molecule has 80 valence electrons. The van der Waals surface area contributed by atoms with E-state index < -0.39 is 10.0 Å². The van der Waals surface area contributed by atoms with E-state index in [4.69, 9.17) is 0 Å². The van der Waals surface area contributed by atoms with Crippen LogP contribution in [0.3, 0.4) is 0 Å². The topological polar surface area (TPSA) is 37.4 Å². The second-order valence-electron chi connectivity index (χ2n) is 2.60. The van der Waals surface area contributed by atoms with E-state index in [1.807, 2.05) is 13.8 Å². The highest BCUT2D eigenvalue weighted by atomic mass is 32.2. The average Bonchev–Trinajstić information content (AvgIpc) is 2.22. The van der Waals surface area contributed by atoms with Crippen LogP contribution in [-0.4, -0.2) is 26.8 Å². The van der Waals surface area contributed by atoms with Crippen LogP contribution in [0.4, 0.5) is 0 Å². The summed E-state index contributed by atoms with van der Waals surface area (Å²) in [6.07, 6.45) is 0. The summed E-state index contributed by atoms with van der Waals surface area (Å²) in [5.41, 5.74) is 0. The van der Waals surface area contributed by atoms with Crippen molar-refractivity contribution in [1.29, 1.82) is 0 Å². The molecule has 4 heteroatoms. The van der Waals surface area contributed by atoms with Gasteiger partial charge in [-0.25, -0.2) is 12.7 Å². The van der Waals surface area contributed by atoms with Gasteiger partial charge in [0.1, 0.15) is 0 Å². The van der Waals surface area contributed by atoms with Crippen LogP contribution in [0.15, 0.2) is 35.2 Å². The standard InChI is InChI=1S/C8H11NO2S.C2H6/c1-9(2)12(10,11)8-6-4-3-5-7-8;1-2/h3-7H,1-2H3;1-2H3. The maximum Gasteiger partial charge on any atom is 0.242 e. The Hall–Kier alpha value is -0.870. The first kappa shape index (κ1) is 13.1. The summed E-state index contributed by atoms with van der Waals surface area (Å²) in [7, 11) is -0.211. The molecule has 0 heterocycles. The zero-order valence-electron chi connectivity index (χ0n) is 9.06. The van der Waals surface area contributed by atoms with Gasteiger partial charge < -0.3 is 0 Å². The normalized spacial score (nSPS) is 10.6. The molecule has 0 aliphatic carbocycles. The molecule has 0 saturated heterocycles. The van der Waals surface area contributed by atoms with Gasteiger partial charge in [0.2, 0.25) is 10.0 Å². The van der Waals surface area contributed by atoms with Crippen molar-refractivity contribution in [2.45, 2.75) is 18.7 Å². The Bertz CT molecular complexity index is 344. The molecule has 14 heavy (non-hydrogen) atoms. The van der Waals surface area contributed by atoms with E-state index in [0.29, 0.717) is 4.90 Å². The summed E-state index contributed by atoms with van der Waals surface area (Å²) in [6.45, 7) is 4.00. The molecule has 0 aliphatic heterocycles. The van der Waals surface area contributed by atoms with E-state index in [2.05, 4.69) is 0 Å². The van der Waals surface area contributed by atoms with E-state index >= 15 is 0 Å². The van der Waals surface area contributed by atoms with Crippen LogP contribution in [0.2, 0.25) is 0 Å². The van der Waals surface area contributed by atoms with Crippen LogP contribution in [0, 0.1) is 0 Å². The van der Waals surface area contributed by atoms with Crippen molar-refractivity contribution in [3.05, 3.63) is 30.3 Å². The second-order valence-corrected chi connectivity index (χ2v) is 4.75. The molecule has 0 atom stereocenters. The van der Waals surface area contributed by atoms with Crippen LogP contribution in [0.5, 0.6) is 0 Å². The molecule has 0 bridgehead atoms. The lowest BCUT2D eigenvalue weighted by molar-refractivity contribution is 0.521. The van der Waals surface area contributed by atoms with Gasteiger partial charge in [0.05, 0.1) is 4.90 Å². The molecule has 0 radical (unpaired) electrons. The Kier molecular flexibility index (Phi) is 5.42. The zero-order valence-corrected chi connectivity index (χ0v) is 9.88. The average molecular weight is 215 g/mol. The van der Waals surface area contributed by atoms with Crippen LogP contribution in [0.25, 0.3) is 0 Å². The van der Waals surface area contributed by atoms with Crippen LogP contribution in [-0.2, 0) is 10.0 Å². The number of nitrogens with zero attached hydrogens (tertiary/aromatic N) is 1. The summed E-state index contributed by atoms with van der Waals surface area (Å²) >= 11 is 0. The predicted molar refractivity (Wildman–Crippen MR) is 58.7 cm³/mol. The minimum atomic E-state index is -3.24. The molecule has 0 amide bonds. The van der Waals surface area contributed by atoms with Gasteiger partial charge in [0, 0.05) is 14.1 Å². The SMILES string of the molecule is CC.CN(C)S(=O)(=O)c1ccccc1. The van der Waals surface area contributed by atoms with E-state index in [-0.39, 0.29) is 0 Å². The maximum atomic E-state index is 11.5. The molecule has 3 nitrogen and oxygen atoms in total. The monoisotopic (exact) mass is 215 g/mol. The van der Waals surface area contributed by atoms with E-state index in [9.17, 15) is 8.42 Å². The summed E-state index contributed by atoms with van der Waals surface area (Å²) in [5.74, 6) is 0. The van der Waals surface area contributed by atoms with Crippen LogP contribution >= 0.6 is 0 Å². The third-order valence-electron chi connectivity index (χ3n) is 1.52. The van der Waals surface area contributed by atoms with Gasteiger partial charge in [-0.3, -0.25) is 0 Å². The van der Waals surface area contributed by atoms with Crippen molar-refractivity contribution in [2.24, 2.45) is 0 Å². The Balaban J connectivity index is 0.000000791. The van der Waals surface area contributed by atoms with E-state index in [0.717, 1.165) is 0 Å². The molecule has 0 fully saturated rings. The number of rotatable bonds is 2. The van der Waals surface area contributed by atoms with Gasteiger partial charge in [0.15, 0.2) is 0 Å². The second kappa shape index (κ2) is 5.78. The van der Waals surface area contributed by atoms with Crippen molar-refractivity contribution in [3.63, 3.8) is 0 Å². The fourth-order valence-corrected chi connectivity index (χ4v) is 1.73. The minimum Gasteiger partial charge on any atom is -0.207 e. The summed E-state index contributed by atoms with van der Waals surface area (Å²) in [5, 5.41) is 0. The quantitative estimate of drug-likeness (QED) is 0.756. The molecule has 1 aromatic rings. The van der Waals surface area contributed by atoms with Gasteiger partial charge in [-0.05, 0) is 12.1 Å². The van der Waals surface area contributed by atoms with Crippen molar-refractivity contribution in [3.8, 4) is 0 Å². The number of benzene rings is 1. The summed E-state index contributed by atoms with van der Waals surface area (Å²) in [6, 6.07) is 8.35. The van der Waals surface area contributed by atoms with E-state index in [1.54, 1.807) is 30.3 Å². The first-order valence-corrected chi connectivity index (χ1v) is 5.97. The molecular weight excluding hydrogens is 198 g/mol. The fourth-order valence-electron chi connectivity index (χ4n) is 0.803.